The summed E-state index contributed by atoms with van der Waals surface area (Å²) in [7, 11) is 3.04. The number of ketones is 1. The topological polar surface area (TPSA) is 66.8 Å². The first-order valence-electron chi connectivity index (χ1n) is 9.73. The smallest absolute Gasteiger partial charge is 0.262 e. The number of hydrogen-bond acceptors (Lipinski definition) is 5. The van der Waals surface area contributed by atoms with E-state index in [-0.39, 0.29) is 17.4 Å². The number of ether oxygens (including phenoxy) is 3. The van der Waals surface area contributed by atoms with Crippen molar-refractivity contribution in [3.63, 3.8) is 0 Å². The quantitative estimate of drug-likeness (QED) is 0.533. The van der Waals surface area contributed by atoms with Gasteiger partial charge in [-0.15, -0.1) is 0 Å². The lowest BCUT2D eigenvalue weighted by Gasteiger charge is -2.19. The Kier molecular flexibility index (Phi) is 4.17. The van der Waals surface area contributed by atoms with Crippen molar-refractivity contribution < 1.29 is 19.0 Å². The number of fused-ring (bicyclic) bond motifs is 5. The molecular weight excluding hydrogens is 370 g/mol. The number of nitrogens with zero attached hydrogens (tertiary/aromatic N) is 1. The molecule has 148 valence electrons. The molecule has 1 aliphatic carbocycles. The molecule has 29 heavy (non-hydrogen) atoms. The van der Waals surface area contributed by atoms with E-state index in [1.807, 2.05) is 24.3 Å². The summed E-state index contributed by atoms with van der Waals surface area (Å²) in [5.74, 6) is 0.736. The molecule has 0 spiro atoms. The lowest BCUT2D eigenvalue weighted by Crippen LogP contribution is -2.29. The van der Waals surface area contributed by atoms with Crippen molar-refractivity contribution in [2.75, 3.05) is 20.8 Å². The van der Waals surface area contributed by atoms with Crippen molar-refractivity contribution >= 4 is 16.6 Å². The fourth-order valence-corrected chi connectivity index (χ4v) is 4.54. The van der Waals surface area contributed by atoms with Crippen LogP contribution in [0.2, 0.25) is 0 Å². The van der Waals surface area contributed by atoms with E-state index in [1.54, 1.807) is 16.7 Å². The van der Waals surface area contributed by atoms with Crippen LogP contribution >= 0.6 is 0 Å². The Bertz CT molecular complexity index is 1200. The molecular formula is C23H21NO5. The average Bonchev–Trinajstić information content (AvgIpc) is 3.36. The van der Waals surface area contributed by atoms with Gasteiger partial charge >= 0.3 is 0 Å². The van der Waals surface area contributed by atoms with Gasteiger partial charge in [0.1, 0.15) is 0 Å². The van der Waals surface area contributed by atoms with Gasteiger partial charge in [-0.2, -0.15) is 0 Å². The van der Waals surface area contributed by atoms with Crippen molar-refractivity contribution in [3.05, 3.63) is 57.9 Å². The van der Waals surface area contributed by atoms with Crippen molar-refractivity contribution in [1.82, 2.24) is 4.57 Å². The fraction of sp³-hybridized carbons (Fsp3) is 0.304. The molecule has 0 amide bonds. The normalized spacial score (nSPS) is 17.4. The van der Waals surface area contributed by atoms with Gasteiger partial charge in [0.15, 0.2) is 17.3 Å². The van der Waals surface area contributed by atoms with Crippen LogP contribution in [0.15, 0.2) is 41.2 Å². The largest absolute Gasteiger partial charge is 0.493 e. The van der Waals surface area contributed by atoms with Crippen LogP contribution in [-0.2, 0) is 11.3 Å². The Hall–Kier alpha value is -3.12. The molecule has 1 aliphatic heterocycles. The summed E-state index contributed by atoms with van der Waals surface area (Å²) in [4.78, 5) is 27.0. The molecule has 0 N–H and O–H groups in total. The van der Waals surface area contributed by atoms with Crippen LogP contribution in [0.3, 0.4) is 0 Å². The number of carbonyl (C=O) groups excluding carboxylic acids is 1. The highest BCUT2D eigenvalue weighted by atomic mass is 16.5. The number of carbonyl (C=O) groups is 1. The number of methoxy groups -OCH3 is 2. The van der Waals surface area contributed by atoms with Crippen LogP contribution in [0.5, 0.6) is 11.5 Å². The summed E-state index contributed by atoms with van der Waals surface area (Å²) >= 11 is 0. The summed E-state index contributed by atoms with van der Waals surface area (Å²) in [5, 5.41) is 0.956. The Morgan fingerprint density at radius 1 is 1.07 bits per heavy atom. The number of rotatable bonds is 4. The predicted molar refractivity (Wildman–Crippen MR) is 109 cm³/mol. The van der Waals surface area contributed by atoms with Gasteiger partial charge in [-0.3, -0.25) is 9.59 Å². The summed E-state index contributed by atoms with van der Waals surface area (Å²) in [6.07, 6.45) is 1.82. The zero-order chi connectivity index (χ0) is 20.1. The maximum absolute atomic E-state index is 13.7. The maximum atomic E-state index is 13.7. The van der Waals surface area contributed by atoms with Crippen LogP contribution in [0.1, 0.15) is 28.8 Å². The molecule has 2 heterocycles. The van der Waals surface area contributed by atoms with Gasteiger partial charge in [0.25, 0.3) is 5.56 Å². The molecule has 0 bridgehead atoms. The van der Waals surface area contributed by atoms with E-state index in [9.17, 15) is 9.59 Å². The van der Waals surface area contributed by atoms with Crippen molar-refractivity contribution in [2.24, 2.45) is 0 Å². The average molecular weight is 391 g/mol. The van der Waals surface area contributed by atoms with Gasteiger partial charge in [0.05, 0.1) is 43.5 Å². The minimum absolute atomic E-state index is 0.0475. The number of benzene rings is 2. The Morgan fingerprint density at radius 2 is 1.86 bits per heavy atom. The van der Waals surface area contributed by atoms with Crippen LogP contribution in [-0.4, -0.2) is 37.3 Å². The Balaban J connectivity index is 1.90. The van der Waals surface area contributed by atoms with Gasteiger partial charge < -0.3 is 18.8 Å². The van der Waals surface area contributed by atoms with E-state index in [1.165, 1.54) is 14.2 Å². The fourth-order valence-electron chi connectivity index (χ4n) is 4.54. The zero-order valence-electron chi connectivity index (χ0n) is 16.4. The molecule has 1 fully saturated rings. The standard InChI is InChI=1S/C23H21NO5/c1-27-17-10-9-16-18-20(14-7-3-4-8-15(14)21(18)25)24(12-13-6-5-11-29-13)23(26)19(16)22(17)28-2/h3-4,7-10,13H,5-6,11-12H2,1-2H3/t13-/m0/s1. The summed E-state index contributed by atoms with van der Waals surface area (Å²) in [6.45, 7) is 1.10. The van der Waals surface area contributed by atoms with E-state index in [0.29, 0.717) is 52.2 Å². The van der Waals surface area contributed by atoms with Crippen LogP contribution in [0.4, 0.5) is 0 Å². The highest BCUT2D eigenvalue weighted by Crippen LogP contribution is 2.43. The Morgan fingerprint density at radius 3 is 2.55 bits per heavy atom. The summed E-state index contributed by atoms with van der Waals surface area (Å²) < 4.78 is 18.4. The zero-order valence-corrected chi connectivity index (χ0v) is 16.4. The second-order valence-corrected chi connectivity index (χ2v) is 7.37. The van der Waals surface area contributed by atoms with E-state index in [4.69, 9.17) is 14.2 Å². The second kappa shape index (κ2) is 6.74. The van der Waals surface area contributed by atoms with Crippen LogP contribution in [0, 0.1) is 0 Å². The van der Waals surface area contributed by atoms with Gasteiger partial charge in [0, 0.05) is 23.1 Å². The predicted octanol–water partition coefficient (Wildman–Crippen LogP) is 3.41. The van der Waals surface area contributed by atoms with E-state index >= 15 is 0 Å². The van der Waals surface area contributed by atoms with E-state index in [2.05, 4.69) is 0 Å². The second-order valence-electron chi connectivity index (χ2n) is 7.37. The van der Waals surface area contributed by atoms with Crippen molar-refractivity contribution in [1.29, 1.82) is 0 Å². The number of hydrogen-bond donors (Lipinski definition) is 0. The highest BCUT2D eigenvalue weighted by Gasteiger charge is 2.34. The molecule has 0 radical (unpaired) electrons. The molecule has 2 aliphatic rings. The first kappa shape index (κ1) is 17.9. The molecule has 6 nitrogen and oxygen atoms in total. The van der Waals surface area contributed by atoms with Crippen molar-refractivity contribution in [3.8, 4) is 22.8 Å². The van der Waals surface area contributed by atoms with E-state index in [0.717, 1.165) is 18.4 Å². The molecule has 5 rings (SSSR count). The van der Waals surface area contributed by atoms with Gasteiger partial charge in [0.2, 0.25) is 0 Å². The number of pyridine rings is 1. The maximum Gasteiger partial charge on any atom is 0.262 e. The molecule has 6 heteroatoms. The first-order valence-corrected chi connectivity index (χ1v) is 9.73. The van der Waals surface area contributed by atoms with Gasteiger partial charge in [-0.1, -0.05) is 24.3 Å². The molecule has 3 aromatic rings. The molecule has 1 saturated heterocycles. The minimum Gasteiger partial charge on any atom is -0.493 e. The van der Waals surface area contributed by atoms with E-state index < -0.39 is 0 Å². The molecule has 1 aromatic heterocycles. The third kappa shape index (κ3) is 2.52. The summed E-state index contributed by atoms with van der Waals surface area (Å²) in [5.41, 5.74) is 2.42. The van der Waals surface area contributed by atoms with Crippen LogP contribution in [0.25, 0.3) is 22.0 Å². The van der Waals surface area contributed by atoms with Gasteiger partial charge in [-0.05, 0) is 25.0 Å². The lowest BCUT2D eigenvalue weighted by atomic mass is 10.0. The lowest BCUT2D eigenvalue weighted by molar-refractivity contribution is 0.0964. The third-order valence-electron chi connectivity index (χ3n) is 5.84. The highest BCUT2D eigenvalue weighted by molar-refractivity contribution is 6.27. The molecule has 0 saturated carbocycles. The molecule has 1 atom stereocenters. The molecule has 2 aromatic carbocycles. The first-order chi connectivity index (χ1) is 14.2. The third-order valence-corrected chi connectivity index (χ3v) is 5.84. The molecule has 0 unspecified atom stereocenters. The summed E-state index contributed by atoms with van der Waals surface area (Å²) in [6, 6.07) is 11.0. The number of aromatic nitrogens is 1. The van der Waals surface area contributed by atoms with Gasteiger partial charge in [-0.25, -0.2) is 0 Å². The monoisotopic (exact) mass is 391 g/mol. The van der Waals surface area contributed by atoms with Crippen molar-refractivity contribution in [2.45, 2.75) is 25.5 Å². The van der Waals surface area contributed by atoms with Crippen LogP contribution < -0.4 is 15.0 Å². The minimum atomic E-state index is -0.200. The Labute approximate surface area is 167 Å². The SMILES string of the molecule is COc1ccc2c3c(n(C[C@@H]4CCCO4)c(=O)c2c1OC)-c1ccccc1C3=O.